The highest BCUT2D eigenvalue weighted by Crippen LogP contribution is 2.21. The maximum absolute atomic E-state index is 13.0. The average molecular weight is 365 g/mol. The molecule has 3 heterocycles. The summed E-state index contributed by atoms with van der Waals surface area (Å²) in [6, 6.07) is 10.2. The summed E-state index contributed by atoms with van der Waals surface area (Å²) in [4.78, 5) is 17.9. The monoisotopic (exact) mass is 365 g/mol. The van der Waals surface area contributed by atoms with Crippen molar-refractivity contribution in [1.82, 2.24) is 14.8 Å². The van der Waals surface area contributed by atoms with Gasteiger partial charge in [-0.1, -0.05) is 12.1 Å². The Kier molecular flexibility index (Phi) is 4.82. The minimum atomic E-state index is -0.239. The third-order valence-electron chi connectivity index (χ3n) is 4.55. The second-order valence-electron chi connectivity index (χ2n) is 6.58. The van der Waals surface area contributed by atoms with Crippen molar-refractivity contribution in [2.45, 2.75) is 25.9 Å². The van der Waals surface area contributed by atoms with E-state index in [1.165, 1.54) is 12.1 Å². The topological polar surface area (TPSA) is 63.1 Å². The summed E-state index contributed by atoms with van der Waals surface area (Å²) >= 11 is 0. The Labute approximate surface area is 156 Å². The number of hydrogen-bond donors (Lipinski definition) is 1. The molecule has 1 N–H and O–H groups in total. The van der Waals surface area contributed by atoms with Crippen LogP contribution in [0, 0.1) is 5.82 Å². The van der Waals surface area contributed by atoms with Gasteiger partial charge in [0.1, 0.15) is 11.6 Å². The van der Waals surface area contributed by atoms with E-state index >= 15 is 0 Å². The van der Waals surface area contributed by atoms with Gasteiger partial charge in [0.25, 0.3) is 0 Å². The first-order chi connectivity index (χ1) is 13.2. The van der Waals surface area contributed by atoms with Crippen LogP contribution in [0.2, 0.25) is 0 Å². The lowest BCUT2D eigenvalue weighted by atomic mass is 10.2. The van der Waals surface area contributed by atoms with Crippen molar-refractivity contribution in [3.63, 3.8) is 0 Å². The zero-order valence-corrected chi connectivity index (χ0v) is 14.8. The highest BCUT2D eigenvalue weighted by atomic mass is 19.1. The van der Waals surface area contributed by atoms with E-state index in [-0.39, 0.29) is 11.7 Å². The van der Waals surface area contributed by atoms with Gasteiger partial charge in [-0.05, 0) is 36.2 Å². The molecule has 138 valence electrons. The lowest BCUT2D eigenvalue weighted by Gasteiger charge is -2.15. The van der Waals surface area contributed by atoms with Crippen LogP contribution in [0.25, 0.3) is 0 Å². The third-order valence-corrected chi connectivity index (χ3v) is 4.55. The molecule has 1 fully saturated rings. The molecule has 1 amide bonds. The summed E-state index contributed by atoms with van der Waals surface area (Å²) in [5.74, 6) is 0.666. The molecule has 0 bridgehead atoms. The van der Waals surface area contributed by atoms with Crippen LogP contribution in [0.3, 0.4) is 0 Å². The molecule has 0 radical (unpaired) electrons. The minimum absolute atomic E-state index is 0.158. The fraction of sp³-hybridized carbons (Fsp3) is 0.250. The second kappa shape index (κ2) is 7.57. The van der Waals surface area contributed by atoms with Crippen molar-refractivity contribution < 1.29 is 9.18 Å². The van der Waals surface area contributed by atoms with E-state index in [4.69, 9.17) is 0 Å². The van der Waals surface area contributed by atoms with Gasteiger partial charge in [0.05, 0.1) is 24.6 Å². The van der Waals surface area contributed by atoms with Crippen LogP contribution in [0.5, 0.6) is 0 Å². The number of amides is 1. The summed E-state index contributed by atoms with van der Waals surface area (Å²) in [5, 5.41) is 7.60. The summed E-state index contributed by atoms with van der Waals surface area (Å²) < 4.78 is 14.8. The van der Waals surface area contributed by atoms with Gasteiger partial charge in [0.2, 0.25) is 5.91 Å². The first-order valence-corrected chi connectivity index (χ1v) is 8.93. The van der Waals surface area contributed by atoms with Crippen molar-refractivity contribution in [3.05, 3.63) is 71.9 Å². The number of nitrogens with one attached hydrogen (secondary N) is 1. The number of hydrogen-bond acceptors (Lipinski definition) is 4. The fourth-order valence-corrected chi connectivity index (χ4v) is 3.13. The molecule has 3 aromatic rings. The van der Waals surface area contributed by atoms with E-state index in [2.05, 4.69) is 15.4 Å². The standard InChI is InChI=1S/C20H20FN5O/c21-17-5-3-15(4-6-17)13-25-14-16(11-24-25)10-22-19-8-7-18(12-23-19)26-9-1-2-20(26)27/h3-8,11-12,14H,1-2,9-10,13H2,(H,22,23). The van der Waals surface area contributed by atoms with Gasteiger partial charge in [-0.3, -0.25) is 9.48 Å². The van der Waals surface area contributed by atoms with Crippen LogP contribution in [0.1, 0.15) is 24.0 Å². The largest absolute Gasteiger partial charge is 0.366 e. The predicted octanol–water partition coefficient (Wildman–Crippen LogP) is 3.20. The molecule has 1 saturated heterocycles. The highest BCUT2D eigenvalue weighted by Gasteiger charge is 2.21. The summed E-state index contributed by atoms with van der Waals surface area (Å²) in [6.07, 6.45) is 6.99. The van der Waals surface area contributed by atoms with Crippen molar-refractivity contribution in [2.24, 2.45) is 0 Å². The predicted molar refractivity (Wildman–Crippen MR) is 101 cm³/mol. The van der Waals surface area contributed by atoms with E-state index < -0.39 is 0 Å². The molecular weight excluding hydrogens is 345 g/mol. The first kappa shape index (κ1) is 17.2. The number of anilines is 2. The lowest BCUT2D eigenvalue weighted by molar-refractivity contribution is -0.117. The zero-order valence-electron chi connectivity index (χ0n) is 14.8. The molecule has 2 aromatic heterocycles. The van der Waals surface area contributed by atoms with E-state index in [9.17, 15) is 9.18 Å². The Balaban J connectivity index is 1.33. The number of nitrogens with zero attached hydrogens (tertiary/aromatic N) is 4. The summed E-state index contributed by atoms with van der Waals surface area (Å²) in [7, 11) is 0. The molecule has 1 aliphatic rings. The molecule has 27 heavy (non-hydrogen) atoms. The summed E-state index contributed by atoms with van der Waals surface area (Å²) in [6.45, 7) is 1.95. The van der Waals surface area contributed by atoms with Gasteiger partial charge >= 0.3 is 0 Å². The number of benzene rings is 1. The molecule has 7 heteroatoms. The van der Waals surface area contributed by atoms with Crippen LogP contribution in [0.15, 0.2) is 55.0 Å². The highest BCUT2D eigenvalue weighted by molar-refractivity contribution is 5.95. The number of aromatic nitrogens is 3. The van der Waals surface area contributed by atoms with Gasteiger partial charge in [-0.15, -0.1) is 0 Å². The summed E-state index contributed by atoms with van der Waals surface area (Å²) in [5.41, 5.74) is 2.86. The minimum Gasteiger partial charge on any atom is -0.366 e. The Morgan fingerprint density at radius 3 is 2.63 bits per heavy atom. The molecule has 1 aliphatic heterocycles. The van der Waals surface area contributed by atoms with E-state index in [1.54, 1.807) is 29.4 Å². The van der Waals surface area contributed by atoms with Crippen LogP contribution < -0.4 is 10.2 Å². The molecule has 6 nitrogen and oxygen atoms in total. The fourth-order valence-electron chi connectivity index (χ4n) is 3.13. The number of carbonyl (C=O) groups is 1. The van der Waals surface area contributed by atoms with Crippen molar-refractivity contribution in [1.29, 1.82) is 0 Å². The van der Waals surface area contributed by atoms with Crippen LogP contribution in [-0.4, -0.2) is 27.2 Å². The normalized spacial score (nSPS) is 14.0. The Morgan fingerprint density at radius 1 is 1.07 bits per heavy atom. The second-order valence-corrected chi connectivity index (χ2v) is 6.58. The molecule has 0 atom stereocenters. The van der Waals surface area contributed by atoms with Crippen molar-refractivity contribution in [2.75, 3.05) is 16.8 Å². The van der Waals surface area contributed by atoms with Crippen molar-refractivity contribution in [3.8, 4) is 0 Å². The van der Waals surface area contributed by atoms with E-state index in [0.717, 1.165) is 35.6 Å². The van der Waals surface area contributed by atoms with Crippen LogP contribution in [0.4, 0.5) is 15.9 Å². The van der Waals surface area contributed by atoms with E-state index in [1.807, 2.05) is 23.0 Å². The van der Waals surface area contributed by atoms with Gasteiger partial charge in [0, 0.05) is 31.3 Å². The van der Waals surface area contributed by atoms with Crippen molar-refractivity contribution >= 4 is 17.4 Å². The molecular formula is C20H20FN5O. The Morgan fingerprint density at radius 2 is 1.93 bits per heavy atom. The smallest absolute Gasteiger partial charge is 0.227 e. The molecule has 0 aliphatic carbocycles. The Bertz CT molecular complexity index is 920. The van der Waals surface area contributed by atoms with Gasteiger partial charge in [0.15, 0.2) is 0 Å². The first-order valence-electron chi connectivity index (χ1n) is 8.93. The zero-order chi connectivity index (χ0) is 18.6. The number of carbonyl (C=O) groups excluding carboxylic acids is 1. The van der Waals surface area contributed by atoms with E-state index in [0.29, 0.717) is 19.5 Å². The van der Waals surface area contributed by atoms with Gasteiger partial charge in [-0.25, -0.2) is 9.37 Å². The van der Waals surface area contributed by atoms with Crippen LogP contribution >= 0.6 is 0 Å². The number of pyridine rings is 1. The van der Waals surface area contributed by atoms with Gasteiger partial charge in [-0.2, -0.15) is 5.10 Å². The number of halogens is 1. The SMILES string of the molecule is O=C1CCCN1c1ccc(NCc2cnn(Cc3ccc(F)cc3)c2)nc1. The lowest BCUT2D eigenvalue weighted by Crippen LogP contribution is -2.23. The molecule has 0 saturated carbocycles. The number of rotatable bonds is 6. The molecule has 4 rings (SSSR count). The maximum atomic E-state index is 13.0. The Hall–Kier alpha value is -3.22. The maximum Gasteiger partial charge on any atom is 0.227 e. The average Bonchev–Trinajstić information content (AvgIpc) is 3.31. The molecule has 0 unspecified atom stereocenters. The van der Waals surface area contributed by atoms with Crippen LogP contribution in [-0.2, 0) is 17.9 Å². The quantitative estimate of drug-likeness (QED) is 0.729. The molecule has 0 spiro atoms. The molecule has 1 aromatic carbocycles. The third kappa shape index (κ3) is 4.13. The van der Waals surface area contributed by atoms with Gasteiger partial charge < -0.3 is 10.2 Å².